The topological polar surface area (TPSA) is 32.7 Å². The van der Waals surface area contributed by atoms with Gasteiger partial charge in [-0.3, -0.25) is 4.90 Å². The Morgan fingerprint density at radius 2 is 2.11 bits per heavy atom. The summed E-state index contributed by atoms with van der Waals surface area (Å²) in [4.78, 5) is 2.28. The van der Waals surface area contributed by atoms with E-state index >= 15 is 0 Å². The van der Waals surface area contributed by atoms with Gasteiger partial charge in [0.1, 0.15) is 5.82 Å². The number of methoxy groups -OCH3 is 1. The van der Waals surface area contributed by atoms with Gasteiger partial charge in [-0.05, 0) is 37.0 Å². The summed E-state index contributed by atoms with van der Waals surface area (Å²) in [5.74, 6) is 0.229. The van der Waals surface area contributed by atoms with Crippen LogP contribution in [0.5, 0.6) is 0 Å². The van der Waals surface area contributed by atoms with Crippen molar-refractivity contribution in [3.8, 4) is 0 Å². The maximum atomic E-state index is 12.9. The van der Waals surface area contributed by atoms with E-state index in [9.17, 15) is 9.50 Å². The molecule has 0 unspecified atom stereocenters. The van der Waals surface area contributed by atoms with E-state index in [1.54, 1.807) is 7.11 Å². The number of benzene rings is 1. The molecule has 1 aliphatic heterocycles. The van der Waals surface area contributed by atoms with E-state index in [1.165, 1.54) is 17.7 Å². The minimum Gasteiger partial charge on any atom is -0.389 e. The highest BCUT2D eigenvalue weighted by Gasteiger charge is 2.30. The number of β-amino-alcohol motifs (C(OH)–C–C–N with tert-alkyl or cyclic N) is 1. The van der Waals surface area contributed by atoms with Gasteiger partial charge < -0.3 is 9.84 Å². The highest BCUT2D eigenvalue weighted by atomic mass is 19.1. The van der Waals surface area contributed by atoms with Crippen LogP contribution in [0, 0.1) is 5.82 Å². The predicted octanol–water partition coefficient (Wildman–Crippen LogP) is 2.01. The van der Waals surface area contributed by atoms with Gasteiger partial charge in [0, 0.05) is 26.2 Å². The van der Waals surface area contributed by atoms with E-state index in [4.69, 9.17) is 4.74 Å². The first-order chi connectivity index (χ1) is 9.10. The van der Waals surface area contributed by atoms with Crippen LogP contribution in [0.15, 0.2) is 24.3 Å². The zero-order valence-corrected chi connectivity index (χ0v) is 11.6. The summed E-state index contributed by atoms with van der Waals surface area (Å²) in [5.41, 5.74) is 1.18. The predicted molar refractivity (Wildman–Crippen MR) is 72.7 cm³/mol. The van der Waals surface area contributed by atoms with Crippen molar-refractivity contribution in [1.82, 2.24) is 4.90 Å². The van der Waals surface area contributed by atoms with Gasteiger partial charge in [-0.25, -0.2) is 4.39 Å². The van der Waals surface area contributed by atoms with Crippen molar-refractivity contribution in [2.45, 2.75) is 31.4 Å². The molecule has 19 heavy (non-hydrogen) atoms. The second-order valence-electron chi connectivity index (χ2n) is 5.40. The van der Waals surface area contributed by atoms with Crippen molar-refractivity contribution in [1.29, 1.82) is 0 Å². The third-order valence-electron chi connectivity index (χ3n) is 3.85. The molecule has 0 spiro atoms. The Bertz CT molecular complexity index is 396. The molecular weight excluding hydrogens is 245 g/mol. The van der Waals surface area contributed by atoms with Crippen LogP contribution >= 0.6 is 0 Å². The lowest BCUT2D eigenvalue weighted by Crippen LogP contribution is -2.36. The number of aliphatic hydroxyl groups excluding tert-OH is 1. The lowest BCUT2D eigenvalue weighted by Gasteiger charge is -2.23. The highest BCUT2D eigenvalue weighted by Crippen LogP contribution is 2.31. The van der Waals surface area contributed by atoms with Crippen molar-refractivity contribution in [2.24, 2.45) is 0 Å². The van der Waals surface area contributed by atoms with Crippen LogP contribution in [-0.2, 0) is 4.74 Å². The zero-order chi connectivity index (χ0) is 13.8. The summed E-state index contributed by atoms with van der Waals surface area (Å²) in [5, 5.41) is 9.80. The Morgan fingerprint density at radius 3 is 2.74 bits per heavy atom. The zero-order valence-electron chi connectivity index (χ0n) is 11.6. The van der Waals surface area contributed by atoms with Gasteiger partial charge in [0.15, 0.2) is 0 Å². The second kappa shape index (κ2) is 6.46. The molecule has 0 saturated carbocycles. The molecule has 0 aliphatic carbocycles. The van der Waals surface area contributed by atoms with Gasteiger partial charge >= 0.3 is 0 Å². The van der Waals surface area contributed by atoms with Crippen molar-refractivity contribution in [3.63, 3.8) is 0 Å². The van der Waals surface area contributed by atoms with Gasteiger partial charge in [0.2, 0.25) is 0 Å². The first kappa shape index (κ1) is 14.4. The third kappa shape index (κ3) is 3.75. The molecule has 1 fully saturated rings. The van der Waals surface area contributed by atoms with Crippen LogP contribution in [0.2, 0.25) is 0 Å². The Labute approximate surface area is 114 Å². The van der Waals surface area contributed by atoms with Crippen LogP contribution < -0.4 is 0 Å². The SMILES string of the molecule is COC[C@H](O)CN1C[C@H](c2ccc(F)cc2)C[C@@H]1C. The number of rotatable bonds is 5. The monoisotopic (exact) mass is 267 g/mol. The fraction of sp³-hybridized carbons (Fsp3) is 0.600. The van der Waals surface area contributed by atoms with Crippen LogP contribution in [0.4, 0.5) is 4.39 Å². The summed E-state index contributed by atoms with van der Waals surface area (Å²) in [6.07, 6.45) is 0.602. The molecular formula is C15H22FNO2. The van der Waals surface area contributed by atoms with Crippen molar-refractivity contribution in [3.05, 3.63) is 35.6 Å². The molecule has 0 aromatic heterocycles. The van der Waals surface area contributed by atoms with Gasteiger partial charge in [-0.1, -0.05) is 12.1 Å². The van der Waals surface area contributed by atoms with Crippen molar-refractivity contribution >= 4 is 0 Å². The summed E-state index contributed by atoms with van der Waals surface area (Å²) >= 11 is 0. The summed E-state index contributed by atoms with van der Waals surface area (Å²) in [6, 6.07) is 7.19. The lowest BCUT2D eigenvalue weighted by atomic mass is 9.97. The van der Waals surface area contributed by atoms with Crippen molar-refractivity contribution in [2.75, 3.05) is 26.8 Å². The minimum atomic E-state index is -0.445. The molecule has 1 aliphatic rings. The molecule has 0 radical (unpaired) electrons. The van der Waals surface area contributed by atoms with E-state index in [0.717, 1.165) is 13.0 Å². The van der Waals surface area contributed by atoms with Gasteiger partial charge in [0.05, 0.1) is 12.7 Å². The summed E-state index contributed by atoms with van der Waals surface area (Å²) in [7, 11) is 1.60. The standard InChI is InChI=1S/C15H22FNO2/c1-11-7-13(12-3-5-14(16)6-4-12)8-17(11)9-15(18)10-19-2/h3-6,11,13,15,18H,7-10H2,1-2H3/t11-,13+,15+/m0/s1. The molecule has 0 bridgehead atoms. The molecule has 3 nitrogen and oxygen atoms in total. The Morgan fingerprint density at radius 1 is 1.42 bits per heavy atom. The summed E-state index contributed by atoms with van der Waals surface area (Å²) in [6.45, 7) is 4.08. The number of likely N-dealkylation sites (tertiary alicyclic amines) is 1. The normalized spacial score (nSPS) is 25.7. The molecule has 1 aromatic carbocycles. The largest absolute Gasteiger partial charge is 0.389 e. The van der Waals surface area contributed by atoms with Crippen LogP contribution in [-0.4, -0.2) is 49.0 Å². The first-order valence-corrected chi connectivity index (χ1v) is 6.76. The summed E-state index contributed by atoms with van der Waals surface area (Å²) < 4.78 is 17.9. The Hall–Kier alpha value is -0.970. The van der Waals surface area contributed by atoms with Gasteiger partial charge in [0.25, 0.3) is 0 Å². The van der Waals surface area contributed by atoms with Gasteiger partial charge in [-0.15, -0.1) is 0 Å². The minimum absolute atomic E-state index is 0.192. The van der Waals surface area contributed by atoms with Crippen LogP contribution in [0.25, 0.3) is 0 Å². The number of hydrogen-bond acceptors (Lipinski definition) is 3. The van der Waals surface area contributed by atoms with Crippen molar-refractivity contribution < 1.29 is 14.2 Å². The number of nitrogens with zero attached hydrogens (tertiary/aromatic N) is 1. The second-order valence-corrected chi connectivity index (χ2v) is 5.40. The Balaban J connectivity index is 1.95. The maximum absolute atomic E-state index is 12.9. The van der Waals surface area contributed by atoms with E-state index in [1.807, 2.05) is 12.1 Å². The molecule has 1 aromatic rings. The number of hydrogen-bond donors (Lipinski definition) is 1. The fourth-order valence-corrected chi connectivity index (χ4v) is 2.85. The van der Waals surface area contributed by atoms with Gasteiger partial charge in [-0.2, -0.15) is 0 Å². The van der Waals surface area contributed by atoms with E-state index in [2.05, 4.69) is 11.8 Å². The number of halogens is 1. The Kier molecular flexibility index (Phi) is 4.91. The molecule has 4 heteroatoms. The van der Waals surface area contributed by atoms with Crippen LogP contribution in [0.1, 0.15) is 24.8 Å². The van der Waals surface area contributed by atoms with Crippen LogP contribution in [0.3, 0.4) is 0 Å². The molecule has 1 heterocycles. The third-order valence-corrected chi connectivity index (χ3v) is 3.85. The average Bonchev–Trinajstić information content (AvgIpc) is 2.72. The highest BCUT2D eigenvalue weighted by molar-refractivity contribution is 5.22. The molecule has 3 atom stereocenters. The molecule has 0 amide bonds. The molecule has 1 N–H and O–H groups in total. The van der Waals surface area contributed by atoms with E-state index in [-0.39, 0.29) is 5.82 Å². The average molecular weight is 267 g/mol. The fourth-order valence-electron chi connectivity index (χ4n) is 2.85. The molecule has 106 valence electrons. The van der Waals surface area contributed by atoms with E-state index in [0.29, 0.717) is 25.1 Å². The molecule has 2 rings (SSSR count). The number of aliphatic hydroxyl groups is 1. The quantitative estimate of drug-likeness (QED) is 0.886. The first-order valence-electron chi connectivity index (χ1n) is 6.76. The smallest absolute Gasteiger partial charge is 0.123 e. The van der Waals surface area contributed by atoms with E-state index < -0.39 is 6.10 Å². The maximum Gasteiger partial charge on any atom is 0.123 e. The number of ether oxygens (including phenoxy) is 1. The molecule has 1 saturated heterocycles. The lowest BCUT2D eigenvalue weighted by molar-refractivity contribution is 0.0360.